The van der Waals surface area contributed by atoms with E-state index in [1.807, 2.05) is 17.9 Å². The number of rotatable bonds is 2. The molecule has 1 saturated heterocycles. The van der Waals surface area contributed by atoms with Crippen LogP contribution in [0.5, 0.6) is 0 Å². The second-order valence-corrected chi connectivity index (χ2v) is 7.55. The number of fused-ring (bicyclic) bond motifs is 2. The number of likely N-dealkylation sites (tertiary alicyclic amines) is 1. The summed E-state index contributed by atoms with van der Waals surface area (Å²) in [4.78, 5) is 2.57. The van der Waals surface area contributed by atoms with Gasteiger partial charge in [0.2, 0.25) is 0 Å². The standard InChI is InChI=1S/C20H27N3O/c1-15-4-5-18-6-9-24-20(19(18)10-15)7-8-23(16(2)11-20)14-17-12-21-22(3)13-17/h4-5,10,12-13,16H,6-9,11,14H2,1-3H3/t16-,20?/m0/s1. The lowest BCUT2D eigenvalue weighted by molar-refractivity contribution is -0.113. The van der Waals surface area contributed by atoms with E-state index in [1.54, 1.807) is 0 Å². The highest BCUT2D eigenvalue weighted by molar-refractivity contribution is 5.38. The van der Waals surface area contributed by atoms with E-state index in [0.29, 0.717) is 6.04 Å². The van der Waals surface area contributed by atoms with Gasteiger partial charge in [0.15, 0.2) is 0 Å². The fraction of sp³-hybridized carbons (Fsp3) is 0.550. The summed E-state index contributed by atoms with van der Waals surface area (Å²) in [6.45, 7) is 7.43. The predicted octanol–water partition coefficient (Wildman–Crippen LogP) is 3.18. The molecule has 1 aromatic carbocycles. The second kappa shape index (κ2) is 6.01. The number of piperidine rings is 1. The van der Waals surface area contributed by atoms with Gasteiger partial charge in [0, 0.05) is 37.9 Å². The number of aromatic nitrogens is 2. The third kappa shape index (κ3) is 2.78. The maximum Gasteiger partial charge on any atom is 0.0961 e. The van der Waals surface area contributed by atoms with Crippen LogP contribution in [0.15, 0.2) is 30.6 Å². The minimum atomic E-state index is -0.0789. The van der Waals surface area contributed by atoms with Crippen LogP contribution in [-0.2, 0) is 30.4 Å². The molecule has 0 bridgehead atoms. The average molecular weight is 325 g/mol. The van der Waals surface area contributed by atoms with Crippen molar-refractivity contribution in [3.05, 3.63) is 52.8 Å². The van der Waals surface area contributed by atoms with Crippen LogP contribution >= 0.6 is 0 Å². The zero-order chi connectivity index (χ0) is 16.7. The molecule has 0 radical (unpaired) electrons. The number of ether oxygens (including phenoxy) is 1. The molecule has 24 heavy (non-hydrogen) atoms. The maximum absolute atomic E-state index is 6.42. The number of nitrogens with zero attached hydrogens (tertiary/aromatic N) is 3. The SMILES string of the molecule is Cc1ccc2c(c1)C1(CCN(Cc3cnn(C)c3)[C@@H](C)C1)OCC2. The molecule has 4 heteroatoms. The summed E-state index contributed by atoms with van der Waals surface area (Å²) in [6, 6.07) is 7.41. The van der Waals surface area contributed by atoms with Crippen LogP contribution in [0.25, 0.3) is 0 Å². The molecule has 2 aromatic rings. The van der Waals surface area contributed by atoms with Crippen molar-refractivity contribution in [1.29, 1.82) is 0 Å². The number of hydrogen-bond donors (Lipinski definition) is 0. The summed E-state index contributed by atoms with van der Waals surface area (Å²) >= 11 is 0. The Kier molecular flexibility index (Phi) is 3.97. The van der Waals surface area contributed by atoms with E-state index in [9.17, 15) is 0 Å². The summed E-state index contributed by atoms with van der Waals surface area (Å²) in [5.74, 6) is 0. The van der Waals surface area contributed by atoms with Crippen LogP contribution < -0.4 is 0 Å². The molecule has 0 saturated carbocycles. The van der Waals surface area contributed by atoms with Crippen molar-refractivity contribution in [2.24, 2.45) is 7.05 Å². The number of hydrogen-bond acceptors (Lipinski definition) is 3. The highest BCUT2D eigenvalue weighted by atomic mass is 16.5. The first-order valence-corrected chi connectivity index (χ1v) is 9.01. The zero-order valence-electron chi connectivity index (χ0n) is 15.0. The molecule has 2 atom stereocenters. The molecule has 0 aliphatic carbocycles. The molecule has 2 aliphatic rings. The molecule has 3 heterocycles. The quantitative estimate of drug-likeness (QED) is 0.849. The molecule has 0 N–H and O–H groups in total. The molecule has 1 fully saturated rings. The Bertz CT molecular complexity index is 738. The minimum Gasteiger partial charge on any atom is -0.370 e. The third-order valence-electron chi connectivity index (χ3n) is 5.70. The molecule has 2 aliphatic heterocycles. The lowest BCUT2D eigenvalue weighted by atomic mass is 9.76. The van der Waals surface area contributed by atoms with E-state index in [1.165, 1.54) is 22.3 Å². The van der Waals surface area contributed by atoms with Crippen molar-refractivity contribution in [2.75, 3.05) is 13.2 Å². The van der Waals surface area contributed by atoms with Gasteiger partial charge in [-0.3, -0.25) is 9.58 Å². The van der Waals surface area contributed by atoms with Crippen LogP contribution in [0.2, 0.25) is 0 Å². The third-order valence-corrected chi connectivity index (χ3v) is 5.70. The van der Waals surface area contributed by atoms with Gasteiger partial charge in [-0.05, 0) is 44.2 Å². The van der Waals surface area contributed by atoms with Crippen LogP contribution in [0, 0.1) is 6.92 Å². The van der Waals surface area contributed by atoms with Gasteiger partial charge in [-0.25, -0.2) is 0 Å². The summed E-state index contributed by atoms with van der Waals surface area (Å²) in [7, 11) is 1.98. The molecule has 128 valence electrons. The van der Waals surface area contributed by atoms with E-state index >= 15 is 0 Å². The molecule has 1 aromatic heterocycles. The van der Waals surface area contributed by atoms with E-state index in [4.69, 9.17) is 4.74 Å². The summed E-state index contributed by atoms with van der Waals surface area (Å²) in [5, 5.41) is 4.30. The van der Waals surface area contributed by atoms with E-state index in [-0.39, 0.29) is 5.60 Å². The topological polar surface area (TPSA) is 30.3 Å². The first kappa shape index (κ1) is 15.9. The average Bonchev–Trinajstić information content (AvgIpc) is 2.96. The van der Waals surface area contributed by atoms with Crippen molar-refractivity contribution >= 4 is 0 Å². The predicted molar refractivity (Wildman–Crippen MR) is 94.8 cm³/mol. The van der Waals surface area contributed by atoms with Crippen molar-refractivity contribution in [1.82, 2.24) is 14.7 Å². The molecule has 1 unspecified atom stereocenters. The van der Waals surface area contributed by atoms with Gasteiger partial charge < -0.3 is 4.74 Å². The minimum absolute atomic E-state index is 0.0789. The fourth-order valence-electron chi connectivity index (χ4n) is 4.42. The smallest absolute Gasteiger partial charge is 0.0961 e. The lowest BCUT2D eigenvalue weighted by Gasteiger charge is -2.48. The Balaban J connectivity index is 1.55. The van der Waals surface area contributed by atoms with Gasteiger partial charge in [0.05, 0.1) is 18.4 Å². The highest BCUT2D eigenvalue weighted by Gasteiger charge is 2.43. The maximum atomic E-state index is 6.42. The zero-order valence-corrected chi connectivity index (χ0v) is 15.0. The molecule has 4 nitrogen and oxygen atoms in total. The highest BCUT2D eigenvalue weighted by Crippen LogP contribution is 2.44. The Labute approximate surface area is 144 Å². The Morgan fingerprint density at radius 3 is 3.00 bits per heavy atom. The number of benzene rings is 1. The van der Waals surface area contributed by atoms with Crippen LogP contribution in [0.3, 0.4) is 0 Å². The molecular weight excluding hydrogens is 298 g/mol. The number of aryl methyl sites for hydroxylation is 2. The summed E-state index contributed by atoms with van der Waals surface area (Å²) in [5.41, 5.74) is 5.48. The first-order chi connectivity index (χ1) is 11.6. The van der Waals surface area contributed by atoms with Gasteiger partial charge in [-0.2, -0.15) is 5.10 Å². The summed E-state index contributed by atoms with van der Waals surface area (Å²) in [6.07, 6.45) is 7.29. The largest absolute Gasteiger partial charge is 0.370 e. The van der Waals surface area contributed by atoms with E-state index in [0.717, 1.165) is 39.0 Å². The first-order valence-electron chi connectivity index (χ1n) is 9.01. The van der Waals surface area contributed by atoms with Crippen molar-refractivity contribution in [3.8, 4) is 0 Å². The van der Waals surface area contributed by atoms with Gasteiger partial charge in [-0.1, -0.05) is 23.8 Å². The molecule has 4 rings (SSSR count). The molecule has 1 spiro atoms. The van der Waals surface area contributed by atoms with Crippen LogP contribution in [0.4, 0.5) is 0 Å². The van der Waals surface area contributed by atoms with Gasteiger partial charge >= 0.3 is 0 Å². The fourth-order valence-corrected chi connectivity index (χ4v) is 4.42. The van der Waals surface area contributed by atoms with Crippen molar-refractivity contribution in [2.45, 2.75) is 51.3 Å². The normalized spacial score (nSPS) is 27.4. The van der Waals surface area contributed by atoms with Gasteiger partial charge in [0.25, 0.3) is 0 Å². The van der Waals surface area contributed by atoms with E-state index in [2.05, 4.69) is 48.2 Å². The Morgan fingerprint density at radius 1 is 1.38 bits per heavy atom. The van der Waals surface area contributed by atoms with E-state index < -0.39 is 0 Å². The van der Waals surface area contributed by atoms with Gasteiger partial charge in [-0.15, -0.1) is 0 Å². The molecular formula is C20H27N3O. The summed E-state index contributed by atoms with van der Waals surface area (Å²) < 4.78 is 8.30. The molecule has 0 amide bonds. The lowest BCUT2D eigenvalue weighted by Crippen LogP contribution is -2.50. The van der Waals surface area contributed by atoms with Crippen LogP contribution in [0.1, 0.15) is 42.0 Å². The second-order valence-electron chi connectivity index (χ2n) is 7.55. The Morgan fingerprint density at radius 2 is 2.25 bits per heavy atom. The van der Waals surface area contributed by atoms with Crippen molar-refractivity contribution in [3.63, 3.8) is 0 Å². The van der Waals surface area contributed by atoms with Crippen LogP contribution in [-0.4, -0.2) is 33.9 Å². The van der Waals surface area contributed by atoms with Gasteiger partial charge in [0.1, 0.15) is 0 Å². The monoisotopic (exact) mass is 325 g/mol. The van der Waals surface area contributed by atoms with Crippen molar-refractivity contribution < 1.29 is 4.74 Å². The Hall–Kier alpha value is -1.65.